The van der Waals surface area contributed by atoms with Gasteiger partial charge in [0.05, 0.1) is 39.7 Å². The smallest absolute Gasteiger partial charge is 0.418 e. The van der Waals surface area contributed by atoms with E-state index in [0.717, 1.165) is 18.2 Å². The van der Waals surface area contributed by atoms with Crippen LogP contribution in [-0.2, 0) is 18.0 Å². The van der Waals surface area contributed by atoms with Gasteiger partial charge in [-0.15, -0.1) is 0 Å². The number of hydrogen-bond acceptors (Lipinski definition) is 5. The zero-order chi connectivity index (χ0) is 29.3. The third-order valence-corrected chi connectivity index (χ3v) is 8.36. The lowest BCUT2D eigenvalue weighted by molar-refractivity contribution is -0.138. The largest absolute Gasteiger partial charge is 0.492 e. The number of rotatable bonds is 5. The maximum Gasteiger partial charge on any atom is 0.418 e. The number of likely N-dealkylation sites (N-methyl/N-ethyl adjacent to an activating group) is 1. The molecule has 2 N–H and O–H groups in total. The highest BCUT2D eigenvalue weighted by atomic mass is 19.4. The second kappa shape index (κ2) is 9.63. The number of hydrogen-bond donors (Lipinski definition) is 2. The van der Waals surface area contributed by atoms with Crippen molar-refractivity contribution in [3.05, 3.63) is 59.4 Å². The lowest BCUT2D eigenvalue weighted by Gasteiger charge is -2.46. The zero-order valence-electron chi connectivity index (χ0n) is 22.2. The molecule has 1 saturated heterocycles. The summed E-state index contributed by atoms with van der Waals surface area (Å²) in [6, 6.07) is 5.85. The van der Waals surface area contributed by atoms with E-state index >= 15 is 0 Å². The summed E-state index contributed by atoms with van der Waals surface area (Å²) < 4.78 is 88.8. The Morgan fingerprint density at radius 2 is 1.62 bits per heavy atom. The SMILES string of the molecule is C[C@H]1C[C@@](O)(c2ccc(C(F)(F)F)cc2)C[C@@H](COc2cc(C(F)(F)F)c3c(c2)ncn3C2CC(C)(O)C2)N1C. The van der Waals surface area contributed by atoms with E-state index in [1.807, 2.05) is 18.9 Å². The molecule has 3 atom stereocenters. The van der Waals surface area contributed by atoms with Crippen molar-refractivity contribution in [1.82, 2.24) is 14.5 Å². The molecule has 2 aromatic carbocycles. The van der Waals surface area contributed by atoms with Gasteiger partial charge in [-0.1, -0.05) is 12.1 Å². The second-order valence-corrected chi connectivity index (χ2v) is 11.5. The Balaban J connectivity index is 1.38. The zero-order valence-corrected chi connectivity index (χ0v) is 22.2. The Labute approximate surface area is 227 Å². The normalized spacial score (nSPS) is 29.9. The summed E-state index contributed by atoms with van der Waals surface area (Å²) in [4.78, 5) is 6.13. The van der Waals surface area contributed by atoms with Crippen molar-refractivity contribution in [1.29, 1.82) is 0 Å². The summed E-state index contributed by atoms with van der Waals surface area (Å²) in [5, 5.41) is 21.5. The van der Waals surface area contributed by atoms with Crippen molar-refractivity contribution in [2.24, 2.45) is 0 Å². The number of aromatic nitrogens is 2. The lowest BCUT2D eigenvalue weighted by Crippen LogP contribution is -2.53. The molecule has 0 radical (unpaired) electrons. The van der Waals surface area contributed by atoms with Crippen molar-refractivity contribution in [3.63, 3.8) is 0 Å². The van der Waals surface area contributed by atoms with Crippen molar-refractivity contribution in [2.75, 3.05) is 13.7 Å². The Morgan fingerprint density at radius 1 is 0.975 bits per heavy atom. The molecular formula is C28H31F6N3O3. The van der Waals surface area contributed by atoms with Gasteiger partial charge in [0.25, 0.3) is 0 Å². The molecule has 2 heterocycles. The number of fused-ring (bicyclic) bond motifs is 1. The van der Waals surface area contributed by atoms with E-state index in [4.69, 9.17) is 4.74 Å². The van der Waals surface area contributed by atoms with Crippen LogP contribution >= 0.6 is 0 Å². The first-order valence-electron chi connectivity index (χ1n) is 13.0. The standard InChI is InChI=1S/C28H31F6N3O3/c1-16-10-26(39,17-4-6-18(7-5-17)27(29,30)31)13-20(36(16)3)14-40-21-8-22(28(32,33)34)24-23(9-21)35-15-37(24)19-11-25(2,38)12-19/h4-9,15-16,19-20,38-39H,10-14H2,1-3H3/t16-,19?,20-,25?,26-/m0/s1. The highest BCUT2D eigenvalue weighted by molar-refractivity contribution is 5.82. The minimum atomic E-state index is -4.68. The molecule has 218 valence electrons. The van der Waals surface area contributed by atoms with Crippen LogP contribution in [0.2, 0.25) is 0 Å². The van der Waals surface area contributed by atoms with E-state index in [1.54, 1.807) is 6.92 Å². The molecule has 3 aromatic rings. The molecule has 5 rings (SSSR count). The molecule has 6 nitrogen and oxygen atoms in total. The summed E-state index contributed by atoms with van der Waals surface area (Å²) in [6.07, 6.45) is -6.80. The van der Waals surface area contributed by atoms with E-state index in [-0.39, 0.29) is 48.3 Å². The average Bonchev–Trinajstić information content (AvgIpc) is 3.26. The van der Waals surface area contributed by atoms with Crippen molar-refractivity contribution >= 4 is 11.0 Å². The van der Waals surface area contributed by atoms with Crippen molar-refractivity contribution in [2.45, 2.75) is 81.2 Å². The number of nitrogens with zero attached hydrogens (tertiary/aromatic N) is 3. The molecule has 0 amide bonds. The lowest BCUT2D eigenvalue weighted by atomic mass is 9.77. The average molecular weight is 572 g/mol. The van der Waals surface area contributed by atoms with Gasteiger partial charge in [-0.2, -0.15) is 26.3 Å². The Hall–Kier alpha value is -2.83. The maximum absolute atomic E-state index is 14.1. The summed E-state index contributed by atoms with van der Waals surface area (Å²) in [5.41, 5.74) is -3.69. The van der Waals surface area contributed by atoms with E-state index in [2.05, 4.69) is 4.98 Å². The number of ether oxygens (including phenoxy) is 1. The van der Waals surface area contributed by atoms with Gasteiger partial charge < -0.3 is 19.5 Å². The second-order valence-electron chi connectivity index (χ2n) is 11.5. The minimum Gasteiger partial charge on any atom is -0.492 e. The Bertz CT molecular complexity index is 1380. The van der Waals surface area contributed by atoms with Crippen molar-refractivity contribution in [3.8, 4) is 5.75 Å². The predicted octanol–water partition coefficient (Wildman–Crippen LogP) is 5.91. The first-order chi connectivity index (χ1) is 18.5. The molecular weight excluding hydrogens is 540 g/mol. The molecule has 2 aliphatic rings. The van der Waals surface area contributed by atoms with Gasteiger partial charge in [-0.25, -0.2) is 4.98 Å². The molecule has 1 saturated carbocycles. The topological polar surface area (TPSA) is 70.8 Å². The molecule has 1 aliphatic heterocycles. The fraction of sp³-hybridized carbons (Fsp3) is 0.536. The quantitative estimate of drug-likeness (QED) is 0.373. The van der Waals surface area contributed by atoms with Gasteiger partial charge in [-0.3, -0.25) is 4.90 Å². The third kappa shape index (κ3) is 5.40. The number of benzene rings is 2. The molecule has 40 heavy (non-hydrogen) atoms. The Kier molecular flexibility index (Phi) is 6.91. The predicted molar refractivity (Wildman–Crippen MR) is 135 cm³/mol. The third-order valence-electron chi connectivity index (χ3n) is 8.36. The summed E-state index contributed by atoms with van der Waals surface area (Å²) in [5.74, 6) is -0.0321. The number of halogens is 6. The number of alkyl halides is 6. The molecule has 0 spiro atoms. The summed E-state index contributed by atoms with van der Waals surface area (Å²) in [6.45, 7) is 3.44. The fourth-order valence-electron chi connectivity index (χ4n) is 6.06. The molecule has 0 unspecified atom stereocenters. The van der Waals surface area contributed by atoms with Crippen LogP contribution in [-0.4, -0.2) is 56.0 Å². The van der Waals surface area contributed by atoms with Crippen LogP contribution in [0.15, 0.2) is 42.7 Å². The van der Waals surface area contributed by atoms with Crippen LogP contribution in [0.3, 0.4) is 0 Å². The van der Waals surface area contributed by atoms with Gasteiger partial charge in [0.15, 0.2) is 0 Å². The van der Waals surface area contributed by atoms with Gasteiger partial charge in [0, 0.05) is 24.2 Å². The van der Waals surface area contributed by atoms with E-state index in [0.29, 0.717) is 18.4 Å². The molecule has 0 bridgehead atoms. The van der Waals surface area contributed by atoms with Crippen LogP contribution in [0.5, 0.6) is 5.75 Å². The summed E-state index contributed by atoms with van der Waals surface area (Å²) >= 11 is 0. The van der Waals surface area contributed by atoms with Crippen LogP contribution < -0.4 is 4.74 Å². The van der Waals surface area contributed by atoms with E-state index < -0.39 is 40.7 Å². The van der Waals surface area contributed by atoms with Crippen LogP contribution in [0.25, 0.3) is 11.0 Å². The number of aliphatic hydroxyl groups is 2. The van der Waals surface area contributed by atoms with Gasteiger partial charge >= 0.3 is 12.4 Å². The van der Waals surface area contributed by atoms with Gasteiger partial charge in [-0.05, 0) is 70.3 Å². The first-order valence-corrected chi connectivity index (χ1v) is 13.0. The monoisotopic (exact) mass is 571 g/mol. The number of imidazole rings is 1. The molecule has 1 aromatic heterocycles. The van der Waals surface area contributed by atoms with E-state index in [9.17, 15) is 36.6 Å². The van der Waals surface area contributed by atoms with Gasteiger partial charge in [0.2, 0.25) is 0 Å². The number of likely N-dealkylation sites (tertiary alicyclic amines) is 1. The van der Waals surface area contributed by atoms with E-state index in [1.165, 1.54) is 29.1 Å². The molecule has 1 aliphatic carbocycles. The Morgan fingerprint density at radius 3 is 2.20 bits per heavy atom. The highest BCUT2D eigenvalue weighted by Gasteiger charge is 2.44. The van der Waals surface area contributed by atoms with Gasteiger partial charge in [0.1, 0.15) is 12.4 Å². The van der Waals surface area contributed by atoms with Crippen molar-refractivity contribution < 1.29 is 41.3 Å². The minimum absolute atomic E-state index is 0.0321. The molecule has 2 fully saturated rings. The highest BCUT2D eigenvalue weighted by Crippen LogP contribution is 2.45. The van der Waals surface area contributed by atoms with Crippen LogP contribution in [0.1, 0.15) is 62.3 Å². The summed E-state index contributed by atoms with van der Waals surface area (Å²) in [7, 11) is 1.81. The maximum atomic E-state index is 14.1. The van der Waals surface area contributed by atoms with Crippen LogP contribution in [0, 0.1) is 0 Å². The first kappa shape index (κ1) is 28.7. The molecule has 12 heteroatoms. The fourth-order valence-corrected chi connectivity index (χ4v) is 6.06. The number of piperidine rings is 1. The van der Waals surface area contributed by atoms with Crippen LogP contribution in [0.4, 0.5) is 26.3 Å².